The van der Waals surface area contributed by atoms with E-state index in [1.54, 1.807) is 18.5 Å². The number of nitrogens with one attached hydrogen (secondary N) is 2. The number of hydrogen-bond donors (Lipinski definition) is 4. The number of pyridine rings is 1. The zero-order valence-electron chi connectivity index (χ0n) is 16.1. The number of nitrogens with two attached hydrogens (primary N) is 1. The van der Waals surface area contributed by atoms with Gasteiger partial charge in [0.25, 0.3) is 5.91 Å². The van der Waals surface area contributed by atoms with Gasteiger partial charge in [-0.25, -0.2) is 0 Å². The molecule has 28 heavy (non-hydrogen) atoms. The van der Waals surface area contributed by atoms with Crippen molar-refractivity contribution in [2.75, 3.05) is 6.61 Å². The van der Waals surface area contributed by atoms with Gasteiger partial charge in [0.2, 0.25) is 0 Å². The number of amides is 1. The number of aromatic nitrogens is 3. The maximum atomic E-state index is 12.7. The van der Waals surface area contributed by atoms with Crippen LogP contribution in [0.2, 0.25) is 0 Å². The molecule has 1 unspecified atom stereocenters. The monoisotopic (exact) mass is 382 g/mol. The summed E-state index contributed by atoms with van der Waals surface area (Å²) in [4.78, 5) is 21.0. The number of H-pyrrole nitrogens is 1. The molecule has 2 heterocycles. The summed E-state index contributed by atoms with van der Waals surface area (Å²) in [5, 5.41) is 19.5. The number of aliphatic hydroxyl groups excluding tert-OH is 1. The summed E-state index contributed by atoms with van der Waals surface area (Å²) in [6, 6.07) is 3.12. The third-order valence-electron chi connectivity index (χ3n) is 4.95. The van der Waals surface area contributed by atoms with E-state index in [1.807, 2.05) is 6.07 Å². The summed E-state index contributed by atoms with van der Waals surface area (Å²) < 4.78 is 0. The molecule has 0 saturated carbocycles. The summed E-state index contributed by atoms with van der Waals surface area (Å²) >= 11 is 0. The van der Waals surface area contributed by atoms with Gasteiger partial charge in [-0.2, -0.15) is 5.10 Å². The number of nitrogens with zero attached hydrogens (tertiary/aromatic N) is 3. The Labute approximate surface area is 164 Å². The average Bonchev–Trinajstić information content (AvgIpc) is 3.10. The lowest BCUT2D eigenvalue weighted by Crippen LogP contribution is -2.27. The van der Waals surface area contributed by atoms with E-state index in [0.29, 0.717) is 11.4 Å². The van der Waals surface area contributed by atoms with E-state index in [9.17, 15) is 9.90 Å². The van der Waals surface area contributed by atoms with Crippen molar-refractivity contribution in [2.45, 2.75) is 39.2 Å². The summed E-state index contributed by atoms with van der Waals surface area (Å²) in [5.41, 5.74) is 9.33. The molecule has 1 amide bonds. The molecule has 5 N–H and O–H groups in total. The minimum absolute atomic E-state index is 0.184. The van der Waals surface area contributed by atoms with E-state index in [2.05, 4.69) is 39.3 Å². The first-order valence-corrected chi connectivity index (χ1v) is 9.27. The summed E-state index contributed by atoms with van der Waals surface area (Å²) in [6.07, 6.45) is 8.68. The minimum atomic E-state index is -0.485. The Kier molecular flexibility index (Phi) is 5.89. The fraction of sp³-hybridized carbons (Fsp3) is 0.400. The largest absolute Gasteiger partial charge is 0.403 e. The minimum Gasteiger partial charge on any atom is -0.403 e. The van der Waals surface area contributed by atoms with Crippen molar-refractivity contribution in [3.05, 3.63) is 58.9 Å². The molecule has 148 valence electrons. The van der Waals surface area contributed by atoms with Gasteiger partial charge in [0, 0.05) is 36.1 Å². The Balaban J connectivity index is 1.70. The van der Waals surface area contributed by atoms with Crippen molar-refractivity contribution in [3.8, 4) is 0 Å². The van der Waals surface area contributed by atoms with E-state index < -0.39 is 6.04 Å². The quantitative estimate of drug-likeness (QED) is 0.565. The van der Waals surface area contributed by atoms with Crippen LogP contribution in [0.5, 0.6) is 0 Å². The summed E-state index contributed by atoms with van der Waals surface area (Å²) in [5.74, 6) is -0.331. The molecule has 0 radical (unpaired) electrons. The molecule has 0 aliphatic heterocycles. The molecular formula is C20H26N6O2. The van der Waals surface area contributed by atoms with Crippen molar-refractivity contribution in [3.63, 3.8) is 0 Å². The normalized spacial score (nSPS) is 17.3. The zero-order valence-corrected chi connectivity index (χ0v) is 16.1. The predicted molar refractivity (Wildman–Crippen MR) is 107 cm³/mol. The Morgan fingerprint density at radius 2 is 2.36 bits per heavy atom. The van der Waals surface area contributed by atoms with Crippen LogP contribution in [-0.4, -0.2) is 39.0 Å². The van der Waals surface area contributed by atoms with Crippen LogP contribution < -0.4 is 11.1 Å². The molecule has 1 atom stereocenters. The van der Waals surface area contributed by atoms with Crippen LogP contribution in [0.15, 0.2) is 41.4 Å². The molecule has 2 aromatic heterocycles. The van der Waals surface area contributed by atoms with Crippen LogP contribution in [0.4, 0.5) is 0 Å². The molecule has 0 spiro atoms. The fourth-order valence-corrected chi connectivity index (χ4v) is 3.32. The molecule has 0 fully saturated rings. The highest BCUT2D eigenvalue weighted by Gasteiger charge is 2.30. The van der Waals surface area contributed by atoms with E-state index >= 15 is 0 Å². The lowest BCUT2D eigenvalue weighted by molar-refractivity contribution is 0.0961. The fourth-order valence-electron chi connectivity index (χ4n) is 3.32. The first-order valence-electron chi connectivity index (χ1n) is 9.27. The lowest BCUT2D eigenvalue weighted by atomic mass is 9.76. The first-order chi connectivity index (χ1) is 13.4. The van der Waals surface area contributed by atoms with Crippen LogP contribution in [0.25, 0.3) is 0 Å². The highest BCUT2D eigenvalue weighted by atomic mass is 16.3. The standard InChI is InChI=1S/C20H26N6O2/c1-20(2)6-5-15-16(8-20)25-26-18(15)19(28)24-14(9-21)11-23-17(12-27)13-4-3-7-22-10-13/h3-4,7,9-11,17,27H,5-6,8,12,21H2,1-2H3,(H,24,28)(H,25,26). The summed E-state index contributed by atoms with van der Waals surface area (Å²) in [6.45, 7) is 4.24. The van der Waals surface area contributed by atoms with Gasteiger partial charge in [0.05, 0.1) is 18.3 Å². The van der Waals surface area contributed by atoms with Crippen molar-refractivity contribution < 1.29 is 9.90 Å². The van der Waals surface area contributed by atoms with E-state index in [0.717, 1.165) is 36.1 Å². The number of carbonyl (C=O) groups is 1. The van der Waals surface area contributed by atoms with E-state index in [4.69, 9.17) is 5.73 Å². The Hall–Kier alpha value is -3.00. The number of rotatable bonds is 6. The third kappa shape index (κ3) is 4.45. The maximum absolute atomic E-state index is 12.7. The Morgan fingerprint density at radius 3 is 3.04 bits per heavy atom. The topological polar surface area (TPSA) is 129 Å². The maximum Gasteiger partial charge on any atom is 0.276 e. The second-order valence-corrected chi connectivity index (χ2v) is 7.71. The van der Waals surface area contributed by atoms with Gasteiger partial charge >= 0.3 is 0 Å². The molecule has 0 aromatic carbocycles. The van der Waals surface area contributed by atoms with Crippen molar-refractivity contribution >= 4 is 12.1 Å². The number of carbonyl (C=O) groups excluding carboxylic acids is 1. The molecule has 8 heteroatoms. The Morgan fingerprint density at radius 1 is 1.54 bits per heavy atom. The predicted octanol–water partition coefficient (Wildman–Crippen LogP) is 1.65. The van der Waals surface area contributed by atoms with E-state index in [1.165, 1.54) is 12.4 Å². The van der Waals surface area contributed by atoms with Gasteiger partial charge in [-0.3, -0.25) is 19.9 Å². The lowest BCUT2D eigenvalue weighted by Gasteiger charge is -2.28. The number of aliphatic hydroxyl groups is 1. The van der Waals surface area contributed by atoms with Crippen molar-refractivity contribution in [1.82, 2.24) is 20.5 Å². The van der Waals surface area contributed by atoms with E-state index in [-0.39, 0.29) is 17.9 Å². The van der Waals surface area contributed by atoms with Crippen molar-refractivity contribution in [1.29, 1.82) is 0 Å². The molecule has 0 bridgehead atoms. The number of aromatic amines is 1. The molecule has 1 aliphatic rings. The highest BCUT2D eigenvalue weighted by molar-refractivity contribution is 5.98. The third-order valence-corrected chi connectivity index (χ3v) is 4.95. The first kappa shape index (κ1) is 19.8. The van der Waals surface area contributed by atoms with Gasteiger partial charge in [-0.15, -0.1) is 0 Å². The second kappa shape index (κ2) is 8.35. The summed E-state index contributed by atoms with van der Waals surface area (Å²) in [7, 11) is 0. The number of allylic oxidation sites excluding steroid dienone is 1. The molecule has 0 saturated heterocycles. The number of fused-ring (bicyclic) bond motifs is 1. The van der Waals surface area contributed by atoms with Crippen LogP contribution in [-0.2, 0) is 12.8 Å². The Bertz CT molecular complexity index is 885. The number of hydrogen-bond acceptors (Lipinski definition) is 6. The van der Waals surface area contributed by atoms with Crippen LogP contribution in [0.3, 0.4) is 0 Å². The van der Waals surface area contributed by atoms with Crippen LogP contribution in [0.1, 0.15) is 53.6 Å². The molecule has 8 nitrogen and oxygen atoms in total. The van der Waals surface area contributed by atoms with Gasteiger partial charge in [0.15, 0.2) is 5.69 Å². The van der Waals surface area contributed by atoms with Crippen LogP contribution in [0, 0.1) is 5.41 Å². The molecule has 1 aliphatic carbocycles. The smallest absolute Gasteiger partial charge is 0.276 e. The van der Waals surface area contributed by atoms with Gasteiger partial charge < -0.3 is 16.2 Å². The zero-order chi connectivity index (χ0) is 20.1. The second-order valence-electron chi connectivity index (χ2n) is 7.71. The van der Waals surface area contributed by atoms with Crippen molar-refractivity contribution in [2.24, 2.45) is 16.1 Å². The SMILES string of the molecule is CC1(C)CCc2c(C(=O)NC(C=NC(CO)c3cccnc3)=CN)n[nH]c2C1. The average molecular weight is 382 g/mol. The van der Waals surface area contributed by atoms with Gasteiger partial charge in [-0.1, -0.05) is 19.9 Å². The molecule has 2 aromatic rings. The highest BCUT2D eigenvalue weighted by Crippen LogP contribution is 2.34. The number of aliphatic imine (C=N–C) groups is 1. The van der Waals surface area contributed by atoms with Gasteiger partial charge in [0.1, 0.15) is 0 Å². The molecular weight excluding hydrogens is 356 g/mol. The van der Waals surface area contributed by atoms with Crippen LogP contribution >= 0.6 is 0 Å². The molecule has 3 rings (SSSR count). The van der Waals surface area contributed by atoms with Gasteiger partial charge in [-0.05, 0) is 36.3 Å².